The standard InChI is InChI=1S/C15H14N4O2/c1-8-12-13(9-4-3-5-10(6-9)20-2)11(7-16)14(17)21-15(12)19-18-8/h3-6,13H,17H2,1-2H3,(H,18,19)/t13-/m0/s1. The number of nitrogens with one attached hydrogen (secondary N) is 1. The molecular formula is C15H14N4O2. The molecule has 1 aromatic heterocycles. The third-order valence-electron chi connectivity index (χ3n) is 3.56. The maximum absolute atomic E-state index is 9.44. The van der Waals surface area contributed by atoms with Crippen LogP contribution in [-0.2, 0) is 0 Å². The first-order valence-corrected chi connectivity index (χ1v) is 6.42. The Hall–Kier alpha value is -2.94. The van der Waals surface area contributed by atoms with E-state index in [-0.39, 0.29) is 11.8 Å². The van der Waals surface area contributed by atoms with Gasteiger partial charge in [-0.3, -0.25) is 5.10 Å². The third kappa shape index (κ3) is 1.99. The van der Waals surface area contributed by atoms with E-state index in [1.165, 1.54) is 0 Å². The fraction of sp³-hybridized carbons (Fsp3) is 0.200. The highest BCUT2D eigenvalue weighted by Gasteiger charge is 2.34. The number of methoxy groups -OCH3 is 1. The Morgan fingerprint density at radius 3 is 3.00 bits per heavy atom. The van der Waals surface area contributed by atoms with Crippen LogP contribution in [0.15, 0.2) is 35.7 Å². The Balaban J connectivity index is 2.22. The third-order valence-corrected chi connectivity index (χ3v) is 3.56. The number of nitriles is 1. The van der Waals surface area contributed by atoms with Crippen molar-refractivity contribution >= 4 is 0 Å². The molecule has 1 aliphatic rings. The van der Waals surface area contributed by atoms with E-state index in [9.17, 15) is 5.26 Å². The maximum atomic E-state index is 9.44. The number of nitrogens with two attached hydrogens (primary N) is 1. The molecule has 1 aliphatic heterocycles. The van der Waals surface area contributed by atoms with Crippen LogP contribution >= 0.6 is 0 Å². The second-order valence-corrected chi connectivity index (χ2v) is 4.77. The van der Waals surface area contributed by atoms with E-state index in [1.807, 2.05) is 31.2 Å². The molecule has 0 unspecified atom stereocenters. The second-order valence-electron chi connectivity index (χ2n) is 4.77. The lowest BCUT2D eigenvalue weighted by molar-refractivity contribution is 0.378. The highest BCUT2D eigenvalue weighted by atomic mass is 16.5. The molecule has 2 heterocycles. The van der Waals surface area contributed by atoms with Crippen LogP contribution in [0, 0.1) is 18.3 Å². The number of ether oxygens (including phenoxy) is 2. The van der Waals surface area contributed by atoms with Gasteiger partial charge in [0.05, 0.1) is 13.0 Å². The molecule has 106 valence electrons. The molecule has 2 aromatic rings. The Morgan fingerprint density at radius 2 is 2.29 bits per heavy atom. The summed E-state index contributed by atoms with van der Waals surface area (Å²) in [6, 6.07) is 9.69. The summed E-state index contributed by atoms with van der Waals surface area (Å²) in [7, 11) is 1.60. The van der Waals surface area contributed by atoms with Crippen molar-refractivity contribution in [2.24, 2.45) is 5.73 Å². The first-order valence-electron chi connectivity index (χ1n) is 6.42. The van der Waals surface area contributed by atoms with Crippen molar-refractivity contribution in [2.45, 2.75) is 12.8 Å². The van der Waals surface area contributed by atoms with Crippen LogP contribution in [0.4, 0.5) is 0 Å². The summed E-state index contributed by atoms with van der Waals surface area (Å²) in [5, 5.41) is 16.4. The molecule has 0 spiro atoms. The number of rotatable bonds is 2. The zero-order valence-corrected chi connectivity index (χ0v) is 11.7. The number of aryl methyl sites for hydroxylation is 1. The average molecular weight is 282 g/mol. The number of hydrogen-bond donors (Lipinski definition) is 2. The zero-order valence-electron chi connectivity index (χ0n) is 11.7. The predicted octanol–water partition coefficient (Wildman–Crippen LogP) is 1.94. The van der Waals surface area contributed by atoms with Gasteiger partial charge in [-0.1, -0.05) is 12.1 Å². The average Bonchev–Trinajstić information content (AvgIpc) is 2.86. The molecule has 0 fully saturated rings. The Kier molecular flexibility index (Phi) is 3.03. The molecule has 0 amide bonds. The van der Waals surface area contributed by atoms with Gasteiger partial charge in [-0.2, -0.15) is 5.26 Å². The van der Waals surface area contributed by atoms with Crippen molar-refractivity contribution in [3.05, 3.63) is 52.5 Å². The molecule has 3 N–H and O–H groups in total. The molecule has 0 bridgehead atoms. The molecule has 0 saturated heterocycles. The lowest BCUT2D eigenvalue weighted by atomic mass is 9.84. The van der Waals surface area contributed by atoms with Crippen LogP contribution in [0.2, 0.25) is 0 Å². The minimum atomic E-state index is -0.312. The van der Waals surface area contributed by atoms with Crippen LogP contribution in [0.3, 0.4) is 0 Å². The van der Waals surface area contributed by atoms with Crippen molar-refractivity contribution < 1.29 is 9.47 Å². The van der Waals surface area contributed by atoms with E-state index < -0.39 is 0 Å². The van der Waals surface area contributed by atoms with Gasteiger partial charge in [-0.05, 0) is 24.6 Å². The summed E-state index contributed by atoms with van der Waals surface area (Å²) < 4.78 is 10.7. The smallest absolute Gasteiger partial charge is 0.244 e. The van der Waals surface area contributed by atoms with Gasteiger partial charge in [0.2, 0.25) is 11.8 Å². The Labute approximate surface area is 121 Å². The number of nitrogens with zero attached hydrogens (tertiary/aromatic N) is 2. The molecule has 21 heavy (non-hydrogen) atoms. The topological polar surface area (TPSA) is 96.9 Å². The van der Waals surface area contributed by atoms with Crippen LogP contribution in [0.1, 0.15) is 22.7 Å². The largest absolute Gasteiger partial charge is 0.497 e. The number of allylic oxidation sites excluding steroid dienone is 1. The zero-order chi connectivity index (χ0) is 15.0. The van der Waals surface area contributed by atoms with Crippen molar-refractivity contribution in [3.63, 3.8) is 0 Å². The lowest BCUT2D eigenvalue weighted by Crippen LogP contribution is -2.21. The molecule has 1 atom stereocenters. The van der Waals surface area contributed by atoms with Crippen LogP contribution < -0.4 is 15.2 Å². The number of benzene rings is 1. The molecule has 0 aliphatic carbocycles. The fourth-order valence-electron chi connectivity index (χ4n) is 2.55. The number of fused-ring (bicyclic) bond motifs is 1. The van der Waals surface area contributed by atoms with Gasteiger partial charge in [0.15, 0.2) is 0 Å². The number of aromatic nitrogens is 2. The summed E-state index contributed by atoms with van der Waals surface area (Å²) in [5.74, 6) is 0.909. The van der Waals surface area contributed by atoms with Crippen LogP contribution in [0.25, 0.3) is 0 Å². The molecule has 1 aromatic carbocycles. The molecule has 0 radical (unpaired) electrons. The van der Waals surface area contributed by atoms with Crippen LogP contribution in [0.5, 0.6) is 11.6 Å². The van der Waals surface area contributed by atoms with Gasteiger partial charge in [-0.15, -0.1) is 5.10 Å². The van der Waals surface area contributed by atoms with Crippen molar-refractivity contribution in [1.82, 2.24) is 10.2 Å². The number of hydrogen-bond acceptors (Lipinski definition) is 5. The summed E-state index contributed by atoms with van der Waals surface area (Å²) in [6.45, 7) is 1.89. The van der Waals surface area contributed by atoms with Crippen molar-refractivity contribution in [2.75, 3.05) is 7.11 Å². The first-order chi connectivity index (χ1) is 10.2. The maximum Gasteiger partial charge on any atom is 0.244 e. The van der Waals surface area contributed by atoms with Crippen molar-refractivity contribution in [1.29, 1.82) is 5.26 Å². The Bertz CT molecular complexity index is 770. The SMILES string of the molecule is COc1cccc([C@H]2C(C#N)=C(N)Oc3n[nH]c(C)c32)c1. The summed E-state index contributed by atoms with van der Waals surface area (Å²) in [5.41, 5.74) is 8.82. The van der Waals surface area contributed by atoms with Gasteiger partial charge in [0.1, 0.15) is 17.4 Å². The predicted molar refractivity (Wildman–Crippen MR) is 75.6 cm³/mol. The van der Waals surface area contributed by atoms with E-state index in [1.54, 1.807) is 7.11 Å². The monoisotopic (exact) mass is 282 g/mol. The minimum absolute atomic E-state index is 0.0873. The van der Waals surface area contributed by atoms with E-state index >= 15 is 0 Å². The second kappa shape index (κ2) is 4.87. The lowest BCUT2D eigenvalue weighted by Gasteiger charge is -2.23. The summed E-state index contributed by atoms with van der Waals surface area (Å²) in [4.78, 5) is 0. The Morgan fingerprint density at radius 1 is 1.48 bits per heavy atom. The first kappa shape index (κ1) is 13.1. The van der Waals surface area contributed by atoms with Gasteiger partial charge >= 0.3 is 0 Å². The van der Waals surface area contributed by atoms with Gasteiger partial charge in [0, 0.05) is 11.3 Å². The van der Waals surface area contributed by atoms with Gasteiger partial charge in [-0.25, -0.2) is 0 Å². The molecule has 6 heteroatoms. The van der Waals surface area contributed by atoms with Gasteiger partial charge in [0.25, 0.3) is 0 Å². The van der Waals surface area contributed by atoms with E-state index in [2.05, 4.69) is 16.3 Å². The normalized spacial score (nSPS) is 16.9. The highest BCUT2D eigenvalue weighted by molar-refractivity contribution is 5.55. The molecule has 3 rings (SSSR count). The van der Waals surface area contributed by atoms with E-state index in [0.717, 1.165) is 22.6 Å². The summed E-state index contributed by atoms with van der Waals surface area (Å²) in [6.07, 6.45) is 0. The summed E-state index contributed by atoms with van der Waals surface area (Å²) >= 11 is 0. The van der Waals surface area contributed by atoms with E-state index in [4.69, 9.17) is 15.2 Å². The molecule has 0 saturated carbocycles. The minimum Gasteiger partial charge on any atom is -0.497 e. The number of H-pyrrole nitrogens is 1. The van der Waals surface area contributed by atoms with Crippen molar-refractivity contribution in [3.8, 4) is 17.7 Å². The van der Waals surface area contributed by atoms with E-state index in [0.29, 0.717) is 11.5 Å². The molecular weight excluding hydrogens is 268 g/mol. The van der Waals surface area contributed by atoms with Gasteiger partial charge < -0.3 is 15.2 Å². The highest BCUT2D eigenvalue weighted by Crippen LogP contribution is 2.42. The van der Waals surface area contributed by atoms with Crippen LogP contribution in [-0.4, -0.2) is 17.3 Å². The molecule has 6 nitrogen and oxygen atoms in total. The number of aromatic amines is 1. The quantitative estimate of drug-likeness (QED) is 0.877. The fourth-order valence-corrected chi connectivity index (χ4v) is 2.55.